The molecule has 1 aromatic carbocycles. The van der Waals surface area contributed by atoms with E-state index in [1.807, 2.05) is 6.92 Å². The lowest BCUT2D eigenvalue weighted by molar-refractivity contribution is -0.142. The first kappa shape index (κ1) is 16.5. The van der Waals surface area contributed by atoms with Gasteiger partial charge in [0.05, 0.1) is 16.6 Å². The molecule has 110 valence electrons. The van der Waals surface area contributed by atoms with Crippen molar-refractivity contribution in [3.63, 3.8) is 0 Å². The van der Waals surface area contributed by atoms with E-state index in [4.69, 9.17) is 16.7 Å². The molecule has 1 amide bonds. The molecule has 0 saturated carbocycles. The zero-order chi connectivity index (χ0) is 15.0. The van der Waals surface area contributed by atoms with E-state index >= 15 is 0 Å². The summed E-state index contributed by atoms with van der Waals surface area (Å²) >= 11 is 5.94. The molecular weight excluding hydrogens is 278 g/mol. The van der Waals surface area contributed by atoms with Gasteiger partial charge in [0.25, 0.3) is 0 Å². The summed E-state index contributed by atoms with van der Waals surface area (Å²) in [7, 11) is 0. The van der Waals surface area contributed by atoms with E-state index in [0.717, 1.165) is 12.8 Å². The minimum Gasteiger partial charge on any atom is -0.481 e. The van der Waals surface area contributed by atoms with Crippen LogP contribution in [-0.2, 0) is 9.59 Å². The van der Waals surface area contributed by atoms with E-state index in [1.165, 1.54) is 0 Å². The second kappa shape index (κ2) is 8.59. The first-order valence-corrected chi connectivity index (χ1v) is 7.19. The van der Waals surface area contributed by atoms with Gasteiger partial charge >= 0.3 is 5.97 Å². The number of hydrogen-bond acceptors (Lipinski definition) is 2. The molecule has 0 aliphatic carbocycles. The van der Waals surface area contributed by atoms with Gasteiger partial charge in [0.1, 0.15) is 0 Å². The Morgan fingerprint density at radius 3 is 2.60 bits per heavy atom. The number of rotatable bonds is 8. The molecule has 0 aliphatic heterocycles. The van der Waals surface area contributed by atoms with Crippen molar-refractivity contribution in [1.29, 1.82) is 0 Å². The maximum absolute atomic E-state index is 11.8. The smallest absolute Gasteiger partial charge is 0.306 e. The molecule has 2 N–H and O–H groups in total. The molecule has 0 aromatic heterocycles. The Hall–Kier alpha value is -1.55. The lowest BCUT2D eigenvalue weighted by Crippen LogP contribution is -2.18. The van der Waals surface area contributed by atoms with E-state index in [9.17, 15) is 9.59 Å². The molecule has 0 radical (unpaired) electrons. The van der Waals surface area contributed by atoms with Crippen LogP contribution in [0.15, 0.2) is 24.3 Å². The van der Waals surface area contributed by atoms with Crippen molar-refractivity contribution in [2.75, 3.05) is 5.32 Å². The SMILES string of the molecule is CCCCC(CCC(=O)Nc1ccccc1Cl)C(=O)O. The van der Waals surface area contributed by atoms with E-state index in [-0.39, 0.29) is 12.3 Å². The van der Waals surface area contributed by atoms with E-state index in [0.29, 0.717) is 23.6 Å². The van der Waals surface area contributed by atoms with Gasteiger partial charge in [0, 0.05) is 6.42 Å². The quantitative estimate of drug-likeness (QED) is 0.763. The molecule has 1 aromatic rings. The van der Waals surface area contributed by atoms with Crippen LogP contribution >= 0.6 is 11.6 Å². The topological polar surface area (TPSA) is 66.4 Å². The molecule has 5 heteroatoms. The number of benzene rings is 1. The number of carboxylic acids is 1. The summed E-state index contributed by atoms with van der Waals surface area (Å²) in [6.07, 6.45) is 2.97. The van der Waals surface area contributed by atoms with Crippen LogP contribution in [0.4, 0.5) is 5.69 Å². The molecule has 1 atom stereocenters. The van der Waals surface area contributed by atoms with Crippen molar-refractivity contribution in [3.8, 4) is 0 Å². The number of amides is 1. The predicted octanol–water partition coefficient (Wildman–Crippen LogP) is 3.95. The molecule has 0 aliphatic rings. The maximum Gasteiger partial charge on any atom is 0.306 e. The number of aliphatic carboxylic acids is 1. The average molecular weight is 298 g/mol. The van der Waals surface area contributed by atoms with Crippen LogP contribution in [0.3, 0.4) is 0 Å². The van der Waals surface area contributed by atoms with Gasteiger partial charge in [0.15, 0.2) is 0 Å². The number of carbonyl (C=O) groups is 2. The van der Waals surface area contributed by atoms with Crippen molar-refractivity contribution in [2.24, 2.45) is 5.92 Å². The number of carboxylic acid groups (broad SMARTS) is 1. The number of nitrogens with one attached hydrogen (secondary N) is 1. The third-order valence-electron chi connectivity index (χ3n) is 3.12. The molecule has 0 spiro atoms. The summed E-state index contributed by atoms with van der Waals surface area (Å²) in [6, 6.07) is 6.97. The number of halogens is 1. The Labute approximate surface area is 124 Å². The fourth-order valence-corrected chi connectivity index (χ4v) is 2.11. The molecule has 0 saturated heterocycles. The van der Waals surface area contributed by atoms with Crippen LogP contribution in [0.25, 0.3) is 0 Å². The molecular formula is C15H20ClNO3. The zero-order valence-electron chi connectivity index (χ0n) is 11.6. The summed E-state index contributed by atoms with van der Waals surface area (Å²) in [5.74, 6) is -1.49. The highest BCUT2D eigenvalue weighted by Gasteiger charge is 2.18. The van der Waals surface area contributed by atoms with Gasteiger partial charge in [0.2, 0.25) is 5.91 Å². The highest BCUT2D eigenvalue weighted by molar-refractivity contribution is 6.33. The first-order valence-electron chi connectivity index (χ1n) is 6.81. The summed E-state index contributed by atoms with van der Waals surface area (Å²) < 4.78 is 0. The van der Waals surface area contributed by atoms with E-state index in [2.05, 4.69) is 5.32 Å². The number of para-hydroxylation sites is 1. The van der Waals surface area contributed by atoms with Gasteiger partial charge < -0.3 is 10.4 Å². The number of carbonyl (C=O) groups excluding carboxylic acids is 1. The largest absolute Gasteiger partial charge is 0.481 e. The lowest BCUT2D eigenvalue weighted by Gasteiger charge is -2.12. The van der Waals surface area contributed by atoms with Crippen molar-refractivity contribution >= 4 is 29.2 Å². The molecule has 4 nitrogen and oxygen atoms in total. The van der Waals surface area contributed by atoms with Gasteiger partial charge in [-0.1, -0.05) is 43.5 Å². The van der Waals surface area contributed by atoms with Crippen LogP contribution in [0.2, 0.25) is 5.02 Å². The average Bonchev–Trinajstić information content (AvgIpc) is 2.41. The fraction of sp³-hybridized carbons (Fsp3) is 0.467. The Balaban J connectivity index is 2.45. The highest BCUT2D eigenvalue weighted by atomic mass is 35.5. The second-order valence-electron chi connectivity index (χ2n) is 4.74. The van der Waals surface area contributed by atoms with Gasteiger partial charge in [-0.05, 0) is 25.0 Å². The van der Waals surface area contributed by atoms with E-state index < -0.39 is 11.9 Å². The normalized spacial score (nSPS) is 11.9. The number of hydrogen-bond donors (Lipinski definition) is 2. The monoisotopic (exact) mass is 297 g/mol. The van der Waals surface area contributed by atoms with Crippen molar-refractivity contribution in [1.82, 2.24) is 0 Å². The highest BCUT2D eigenvalue weighted by Crippen LogP contribution is 2.21. The Kier molecular flexibility index (Phi) is 7.09. The van der Waals surface area contributed by atoms with Crippen LogP contribution < -0.4 is 5.32 Å². The lowest BCUT2D eigenvalue weighted by atomic mass is 9.97. The van der Waals surface area contributed by atoms with Crippen LogP contribution in [-0.4, -0.2) is 17.0 Å². The molecule has 1 rings (SSSR count). The second-order valence-corrected chi connectivity index (χ2v) is 5.15. The summed E-state index contributed by atoms with van der Waals surface area (Å²) in [5.41, 5.74) is 0.555. The van der Waals surface area contributed by atoms with Gasteiger partial charge in [-0.15, -0.1) is 0 Å². The van der Waals surface area contributed by atoms with Crippen molar-refractivity contribution in [3.05, 3.63) is 29.3 Å². The zero-order valence-corrected chi connectivity index (χ0v) is 12.3. The van der Waals surface area contributed by atoms with Crippen molar-refractivity contribution < 1.29 is 14.7 Å². The molecule has 20 heavy (non-hydrogen) atoms. The Morgan fingerprint density at radius 1 is 1.30 bits per heavy atom. The van der Waals surface area contributed by atoms with E-state index in [1.54, 1.807) is 24.3 Å². The van der Waals surface area contributed by atoms with Crippen molar-refractivity contribution in [2.45, 2.75) is 39.0 Å². The molecule has 0 heterocycles. The van der Waals surface area contributed by atoms with Gasteiger partial charge in [-0.3, -0.25) is 9.59 Å². The van der Waals surface area contributed by atoms with Gasteiger partial charge in [-0.2, -0.15) is 0 Å². The van der Waals surface area contributed by atoms with Crippen LogP contribution in [0.1, 0.15) is 39.0 Å². The Bertz CT molecular complexity index is 462. The summed E-state index contributed by atoms with van der Waals surface area (Å²) in [4.78, 5) is 22.9. The standard InChI is InChI=1S/C15H20ClNO3/c1-2-3-6-11(15(19)20)9-10-14(18)17-13-8-5-4-7-12(13)16/h4-5,7-8,11H,2-3,6,9-10H2,1H3,(H,17,18)(H,19,20). The minimum atomic E-state index is -0.830. The third kappa shape index (κ3) is 5.61. The summed E-state index contributed by atoms with van der Waals surface area (Å²) in [5, 5.41) is 12.3. The van der Waals surface area contributed by atoms with Gasteiger partial charge in [-0.25, -0.2) is 0 Å². The number of anilines is 1. The molecule has 0 bridgehead atoms. The minimum absolute atomic E-state index is 0.186. The third-order valence-corrected chi connectivity index (χ3v) is 3.45. The fourth-order valence-electron chi connectivity index (χ4n) is 1.92. The predicted molar refractivity (Wildman–Crippen MR) is 80.0 cm³/mol. The Morgan fingerprint density at radius 2 is 2.00 bits per heavy atom. The molecule has 0 fully saturated rings. The van der Waals surface area contributed by atoms with Crippen LogP contribution in [0.5, 0.6) is 0 Å². The van der Waals surface area contributed by atoms with Crippen LogP contribution in [0, 0.1) is 5.92 Å². The summed E-state index contributed by atoms with van der Waals surface area (Å²) in [6.45, 7) is 2.02. The first-order chi connectivity index (χ1) is 9.54. The number of unbranched alkanes of at least 4 members (excludes halogenated alkanes) is 1. The maximum atomic E-state index is 11.8. The molecule has 1 unspecified atom stereocenters.